The largest absolute Gasteiger partial charge is 0.360 e. The molecule has 2 N–H and O–H groups in total. The Balaban J connectivity index is 1.95. The molecular weight excluding hydrogens is 384 g/mol. The minimum absolute atomic E-state index is 0.0279. The molecule has 26 heavy (non-hydrogen) atoms. The molecule has 0 aliphatic rings. The molecule has 132 valence electrons. The molecule has 0 unspecified atom stereocenters. The number of rotatable bonds is 4. The van der Waals surface area contributed by atoms with Crippen LogP contribution in [-0.2, 0) is 10.0 Å². The lowest BCUT2D eigenvalue weighted by Gasteiger charge is -2.07. The first-order valence-electron chi connectivity index (χ1n) is 7.17. The second-order valence-corrected chi connectivity index (χ2v) is 7.35. The second-order valence-electron chi connectivity index (χ2n) is 5.26. The highest BCUT2D eigenvalue weighted by Gasteiger charge is 2.20. The molecule has 0 saturated heterocycles. The molecule has 0 amide bonds. The number of hydrogen-bond acceptors (Lipinski definition) is 3. The van der Waals surface area contributed by atoms with Crippen molar-refractivity contribution in [1.82, 2.24) is 4.98 Å². The van der Waals surface area contributed by atoms with Crippen molar-refractivity contribution in [2.75, 3.05) is 4.72 Å². The molecule has 0 fully saturated rings. The second kappa shape index (κ2) is 6.78. The van der Waals surface area contributed by atoms with Crippen LogP contribution in [0.3, 0.4) is 0 Å². The van der Waals surface area contributed by atoms with E-state index in [0.717, 1.165) is 18.3 Å². The van der Waals surface area contributed by atoms with Gasteiger partial charge in [0.2, 0.25) is 0 Å². The molecule has 3 aromatic rings. The fourth-order valence-corrected chi connectivity index (χ4v) is 3.62. The summed E-state index contributed by atoms with van der Waals surface area (Å²) in [5.74, 6) is -1.50. The molecule has 0 aliphatic heterocycles. The van der Waals surface area contributed by atoms with E-state index in [-0.39, 0.29) is 32.4 Å². The van der Waals surface area contributed by atoms with Gasteiger partial charge in [-0.1, -0.05) is 17.7 Å². The number of anilines is 1. The number of aromatic amines is 1. The maximum atomic E-state index is 14.0. The molecule has 2 aromatic carbocycles. The SMILES string of the molecule is N#Cc1ccc(NS(=O)(=O)c2c[nH]c(-c3c(F)cccc3Cl)c2)c(F)c1. The average molecular weight is 394 g/mol. The fraction of sp³-hybridized carbons (Fsp3) is 0. The van der Waals surface area contributed by atoms with Crippen LogP contribution in [-0.4, -0.2) is 13.4 Å². The van der Waals surface area contributed by atoms with Gasteiger partial charge in [-0.2, -0.15) is 5.26 Å². The van der Waals surface area contributed by atoms with Crippen LogP contribution >= 0.6 is 11.6 Å². The maximum absolute atomic E-state index is 14.0. The Morgan fingerprint density at radius 1 is 1.12 bits per heavy atom. The van der Waals surface area contributed by atoms with E-state index < -0.39 is 21.7 Å². The van der Waals surface area contributed by atoms with Gasteiger partial charge in [0.1, 0.15) is 16.5 Å². The van der Waals surface area contributed by atoms with Gasteiger partial charge in [0, 0.05) is 6.20 Å². The number of nitrogens with one attached hydrogen (secondary N) is 2. The molecule has 0 aliphatic carbocycles. The third kappa shape index (κ3) is 3.40. The zero-order valence-electron chi connectivity index (χ0n) is 12.9. The Morgan fingerprint density at radius 2 is 1.88 bits per heavy atom. The Bertz CT molecular complexity index is 1120. The van der Waals surface area contributed by atoms with Crippen molar-refractivity contribution in [1.29, 1.82) is 5.26 Å². The van der Waals surface area contributed by atoms with Crippen LogP contribution in [0.4, 0.5) is 14.5 Å². The number of benzene rings is 2. The lowest BCUT2D eigenvalue weighted by Crippen LogP contribution is -2.13. The Labute approximate surface area is 152 Å². The quantitative estimate of drug-likeness (QED) is 0.693. The summed E-state index contributed by atoms with van der Waals surface area (Å²) in [5.41, 5.74) is -0.0619. The van der Waals surface area contributed by atoms with E-state index in [4.69, 9.17) is 16.9 Å². The van der Waals surface area contributed by atoms with Gasteiger partial charge in [-0.25, -0.2) is 17.2 Å². The summed E-state index contributed by atoms with van der Waals surface area (Å²) < 4.78 is 54.8. The fourth-order valence-electron chi connectivity index (χ4n) is 2.30. The lowest BCUT2D eigenvalue weighted by atomic mass is 10.1. The number of nitrogens with zero attached hydrogens (tertiary/aromatic N) is 1. The number of H-pyrrole nitrogens is 1. The van der Waals surface area contributed by atoms with Gasteiger partial charge in [-0.3, -0.25) is 4.72 Å². The van der Waals surface area contributed by atoms with Gasteiger partial charge in [-0.15, -0.1) is 0 Å². The van der Waals surface area contributed by atoms with Crippen molar-refractivity contribution >= 4 is 27.3 Å². The Hall–Kier alpha value is -2.89. The first kappa shape index (κ1) is 17.9. The molecule has 0 radical (unpaired) electrons. The number of hydrogen-bond donors (Lipinski definition) is 2. The summed E-state index contributed by atoms with van der Waals surface area (Å²) >= 11 is 5.97. The van der Waals surface area contributed by atoms with Crippen molar-refractivity contribution in [3.05, 3.63) is 70.9 Å². The van der Waals surface area contributed by atoms with Crippen molar-refractivity contribution in [2.45, 2.75) is 4.90 Å². The number of sulfonamides is 1. The molecule has 0 spiro atoms. The van der Waals surface area contributed by atoms with Crippen molar-refractivity contribution in [2.24, 2.45) is 0 Å². The highest BCUT2D eigenvalue weighted by atomic mass is 35.5. The van der Waals surface area contributed by atoms with Crippen LogP contribution in [0, 0.1) is 23.0 Å². The number of aromatic nitrogens is 1. The zero-order valence-corrected chi connectivity index (χ0v) is 14.5. The van der Waals surface area contributed by atoms with E-state index in [0.29, 0.717) is 0 Å². The van der Waals surface area contributed by atoms with Gasteiger partial charge in [-0.05, 0) is 36.4 Å². The van der Waals surface area contributed by atoms with Crippen LogP contribution in [0.5, 0.6) is 0 Å². The van der Waals surface area contributed by atoms with Crippen molar-refractivity contribution in [3.63, 3.8) is 0 Å². The summed E-state index contributed by atoms with van der Waals surface area (Å²) in [7, 11) is -4.14. The molecule has 3 rings (SSSR count). The molecule has 9 heteroatoms. The molecule has 5 nitrogen and oxygen atoms in total. The average Bonchev–Trinajstić information content (AvgIpc) is 3.07. The van der Waals surface area contributed by atoms with Gasteiger partial charge >= 0.3 is 0 Å². The van der Waals surface area contributed by atoms with Gasteiger partial charge < -0.3 is 4.98 Å². The highest BCUT2D eigenvalue weighted by Crippen LogP contribution is 2.31. The maximum Gasteiger partial charge on any atom is 0.263 e. The summed E-state index contributed by atoms with van der Waals surface area (Å²) in [4.78, 5) is 2.42. The zero-order chi connectivity index (χ0) is 18.9. The number of halogens is 3. The molecule has 0 saturated carbocycles. The van der Waals surface area contributed by atoms with Crippen LogP contribution < -0.4 is 4.72 Å². The van der Waals surface area contributed by atoms with E-state index in [1.807, 2.05) is 0 Å². The molecule has 1 heterocycles. The number of nitriles is 1. The minimum Gasteiger partial charge on any atom is -0.360 e. The first-order valence-corrected chi connectivity index (χ1v) is 9.03. The Morgan fingerprint density at radius 3 is 2.54 bits per heavy atom. The predicted molar refractivity (Wildman–Crippen MR) is 93.1 cm³/mol. The van der Waals surface area contributed by atoms with Crippen LogP contribution in [0.25, 0.3) is 11.3 Å². The highest BCUT2D eigenvalue weighted by molar-refractivity contribution is 7.92. The summed E-state index contributed by atoms with van der Waals surface area (Å²) in [6, 6.07) is 10.4. The van der Waals surface area contributed by atoms with E-state index in [2.05, 4.69) is 9.71 Å². The Kier molecular flexibility index (Phi) is 4.68. The molecule has 0 bridgehead atoms. The summed E-state index contributed by atoms with van der Waals surface area (Å²) in [6.07, 6.45) is 1.14. The standard InChI is InChI=1S/C17H10ClF2N3O2S/c18-12-2-1-3-13(19)17(12)16-7-11(9-22-16)26(24,25)23-15-5-4-10(8-21)6-14(15)20/h1-7,9,22-23H. The first-order chi connectivity index (χ1) is 12.3. The smallest absolute Gasteiger partial charge is 0.263 e. The topological polar surface area (TPSA) is 85.8 Å². The monoisotopic (exact) mass is 393 g/mol. The molecule has 0 atom stereocenters. The summed E-state index contributed by atoms with van der Waals surface area (Å²) in [5, 5.41) is 8.83. The lowest BCUT2D eigenvalue weighted by molar-refractivity contribution is 0.598. The van der Waals surface area contributed by atoms with E-state index in [1.165, 1.54) is 30.3 Å². The van der Waals surface area contributed by atoms with Crippen molar-refractivity contribution < 1.29 is 17.2 Å². The van der Waals surface area contributed by atoms with Crippen LogP contribution in [0.1, 0.15) is 5.56 Å². The third-order valence-electron chi connectivity index (χ3n) is 3.54. The molecular formula is C17H10ClF2N3O2S. The predicted octanol–water partition coefficient (Wildman–Crippen LogP) is 4.29. The van der Waals surface area contributed by atoms with E-state index in [9.17, 15) is 17.2 Å². The third-order valence-corrected chi connectivity index (χ3v) is 5.20. The van der Waals surface area contributed by atoms with Crippen LogP contribution in [0.2, 0.25) is 5.02 Å². The van der Waals surface area contributed by atoms with E-state index >= 15 is 0 Å². The normalized spacial score (nSPS) is 11.2. The van der Waals surface area contributed by atoms with Gasteiger partial charge in [0.15, 0.2) is 0 Å². The van der Waals surface area contributed by atoms with E-state index in [1.54, 1.807) is 6.07 Å². The van der Waals surface area contributed by atoms with Gasteiger partial charge in [0.05, 0.1) is 33.6 Å². The minimum atomic E-state index is -4.14. The van der Waals surface area contributed by atoms with Crippen molar-refractivity contribution in [3.8, 4) is 17.3 Å². The van der Waals surface area contributed by atoms with Crippen LogP contribution in [0.15, 0.2) is 53.6 Å². The summed E-state index contributed by atoms with van der Waals surface area (Å²) in [6.45, 7) is 0. The van der Waals surface area contributed by atoms with Gasteiger partial charge in [0.25, 0.3) is 10.0 Å². The molecule has 1 aromatic heterocycles.